The number of nitrogens with one attached hydrogen (secondary N) is 2. The third-order valence-corrected chi connectivity index (χ3v) is 12.1. The van der Waals surface area contributed by atoms with Crippen molar-refractivity contribution in [1.82, 2.24) is 15.7 Å². The zero-order chi connectivity index (χ0) is 45.8. The summed E-state index contributed by atoms with van der Waals surface area (Å²) in [5.41, 5.74) is 1.68. The van der Waals surface area contributed by atoms with Crippen molar-refractivity contribution in [3.8, 4) is 0 Å². The molecule has 15 heteroatoms. The lowest BCUT2D eigenvalue weighted by molar-refractivity contribution is -0.213. The largest absolute Gasteiger partial charge is 0.499 e. The predicted molar refractivity (Wildman–Crippen MR) is 235 cm³/mol. The Balaban J connectivity index is 1.08. The maximum atomic E-state index is 15.2. The molecule has 0 spiro atoms. The van der Waals surface area contributed by atoms with E-state index in [2.05, 4.69) is 10.6 Å². The van der Waals surface area contributed by atoms with Crippen molar-refractivity contribution in [2.45, 2.75) is 101 Å². The first-order chi connectivity index (χ1) is 31.3. The summed E-state index contributed by atoms with van der Waals surface area (Å²) in [4.78, 5) is 62.2. The molecule has 1 saturated carbocycles. The number of fused-ring (bicyclic) bond motifs is 4. The number of amides is 2. The topological polar surface area (TPSA) is 191 Å². The van der Waals surface area contributed by atoms with Crippen LogP contribution < -0.4 is 10.6 Å². The maximum absolute atomic E-state index is 15.2. The van der Waals surface area contributed by atoms with E-state index in [4.69, 9.17) is 28.5 Å². The highest BCUT2D eigenvalue weighted by atomic mass is 16.8. The lowest BCUT2D eigenvalue weighted by Gasteiger charge is -2.48. The molecule has 3 aliphatic heterocycles. The Bertz CT molecular complexity index is 2330. The van der Waals surface area contributed by atoms with Crippen LogP contribution in [-0.4, -0.2) is 101 Å². The first kappa shape index (κ1) is 45.6. The van der Waals surface area contributed by atoms with Gasteiger partial charge < -0.3 is 44.5 Å². The third-order valence-electron chi connectivity index (χ3n) is 12.1. The van der Waals surface area contributed by atoms with Gasteiger partial charge in [0.15, 0.2) is 6.04 Å². The van der Waals surface area contributed by atoms with E-state index in [0.29, 0.717) is 16.7 Å². The molecule has 4 aromatic carbocycles. The van der Waals surface area contributed by atoms with Crippen molar-refractivity contribution in [3.05, 3.63) is 149 Å². The van der Waals surface area contributed by atoms with Crippen LogP contribution in [0.3, 0.4) is 0 Å². The molecule has 4 aromatic rings. The lowest BCUT2D eigenvalue weighted by atomic mass is 9.62. The SMILES string of the molecule is CC(C)(C)OC(=O)CC[C@@H](CO)NC(=O)c1cccc(CNC(=O)[C@@]23C[C@H]4OC(=O)[C@@H]2N(Cc2ccccc2C=COCCO)O[C@@H]3[C@H]2OC(c3ccccc3)(c3ccccc3)O[C@H]24)c1. The fourth-order valence-electron chi connectivity index (χ4n) is 9.27. The molecule has 0 unspecified atom stereocenters. The van der Waals surface area contributed by atoms with Gasteiger partial charge in [0.25, 0.3) is 5.91 Å². The molecule has 0 aromatic heterocycles. The molecule has 2 amide bonds. The molecule has 4 fully saturated rings. The molecule has 4 aliphatic rings. The summed E-state index contributed by atoms with van der Waals surface area (Å²) < 4.78 is 31.1. The minimum absolute atomic E-state index is 0.00613. The molecule has 3 saturated heterocycles. The monoisotopic (exact) mass is 889 g/mol. The Labute approximate surface area is 377 Å². The molecule has 3 heterocycles. The van der Waals surface area contributed by atoms with Crippen LogP contribution in [0, 0.1) is 5.41 Å². The number of hydrogen-bond acceptors (Lipinski definition) is 13. The Morgan fingerprint density at radius 2 is 1.60 bits per heavy atom. The minimum atomic E-state index is -1.51. The summed E-state index contributed by atoms with van der Waals surface area (Å²) in [7, 11) is 0. The average Bonchev–Trinajstić information content (AvgIpc) is 3.89. The number of hydrogen-bond donors (Lipinski definition) is 4. The highest BCUT2D eigenvalue weighted by Crippen LogP contribution is 2.59. The fraction of sp³-hybridized carbons (Fsp3) is 0.400. The van der Waals surface area contributed by atoms with E-state index in [1.807, 2.05) is 84.9 Å². The van der Waals surface area contributed by atoms with E-state index in [1.165, 1.54) is 11.3 Å². The number of nitrogens with zero attached hydrogens (tertiary/aromatic N) is 1. The third kappa shape index (κ3) is 9.44. The van der Waals surface area contributed by atoms with Gasteiger partial charge in [0.2, 0.25) is 11.7 Å². The van der Waals surface area contributed by atoms with E-state index in [1.54, 1.807) is 51.1 Å². The van der Waals surface area contributed by atoms with Gasteiger partial charge in [-0.25, -0.2) is 0 Å². The molecule has 7 atom stereocenters. The quantitative estimate of drug-likeness (QED) is 0.0650. The second kappa shape index (κ2) is 19.3. The van der Waals surface area contributed by atoms with Gasteiger partial charge in [-0.05, 0) is 62.1 Å². The normalized spacial score (nSPS) is 24.8. The van der Waals surface area contributed by atoms with Crippen LogP contribution in [0.4, 0.5) is 0 Å². The Hall–Kier alpha value is -5.94. The van der Waals surface area contributed by atoms with Gasteiger partial charge in [-0.15, -0.1) is 0 Å². The minimum Gasteiger partial charge on any atom is -0.499 e. The van der Waals surface area contributed by atoms with Crippen molar-refractivity contribution in [2.75, 3.05) is 19.8 Å². The van der Waals surface area contributed by atoms with E-state index < -0.39 is 77.1 Å². The molecule has 4 N–H and O–H groups in total. The standard InChI is InChI=1S/C50H55N3O12/c1-48(2,3)62-40(56)22-21-38(31-55)52-45(57)34-16-12-13-32(27-34)29-51-47(59)49-28-39-41-42(64-50(63-41,36-17-6-4-7-18-36)37-19-8-5-9-20-37)44(49)65-53(43(49)46(58)61-39)30-35-15-11-10-14-33(35)23-25-60-26-24-54/h4-20,23,25,27,38-39,41-44,54-55H,21-22,24,26,28-31H2,1-3H3,(H,51,59)(H,52,57)/t38-,39+,41-,42-,43-,44+,49-/m0/s1. The predicted octanol–water partition coefficient (Wildman–Crippen LogP) is 4.68. The summed E-state index contributed by atoms with van der Waals surface area (Å²) >= 11 is 0. The summed E-state index contributed by atoms with van der Waals surface area (Å²) in [6.45, 7) is 4.98. The summed E-state index contributed by atoms with van der Waals surface area (Å²) in [5, 5.41) is 26.6. The van der Waals surface area contributed by atoms with Crippen LogP contribution in [0.15, 0.2) is 115 Å². The lowest BCUT2D eigenvalue weighted by Crippen LogP contribution is -2.69. The second-order valence-electron chi connectivity index (χ2n) is 17.7. The number of hydroxylamine groups is 2. The van der Waals surface area contributed by atoms with Crippen LogP contribution in [0.1, 0.15) is 78.2 Å². The Morgan fingerprint density at radius 1 is 0.908 bits per heavy atom. The van der Waals surface area contributed by atoms with Crippen molar-refractivity contribution in [2.24, 2.45) is 5.41 Å². The fourth-order valence-corrected chi connectivity index (χ4v) is 9.27. The van der Waals surface area contributed by atoms with Gasteiger partial charge in [0.05, 0.1) is 32.1 Å². The Morgan fingerprint density at radius 3 is 2.29 bits per heavy atom. The number of aliphatic hydroxyl groups is 2. The first-order valence-corrected chi connectivity index (χ1v) is 21.9. The number of aliphatic hydroxyl groups excluding tert-OH is 2. The number of benzene rings is 4. The summed E-state index contributed by atoms with van der Waals surface area (Å²) in [5.74, 6) is -3.42. The molecule has 65 heavy (non-hydrogen) atoms. The van der Waals surface area contributed by atoms with E-state index in [9.17, 15) is 24.6 Å². The van der Waals surface area contributed by atoms with Crippen molar-refractivity contribution < 1.29 is 57.9 Å². The van der Waals surface area contributed by atoms with Gasteiger partial charge in [0, 0.05) is 36.1 Å². The highest BCUT2D eigenvalue weighted by molar-refractivity contribution is 5.95. The van der Waals surface area contributed by atoms with E-state index >= 15 is 4.79 Å². The average molecular weight is 890 g/mol. The molecular formula is C50H55N3O12. The smallest absolute Gasteiger partial charge is 0.327 e. The Kier molecular flexibility index (Phi) is 13.5. The van der Waals surface area contributed by atoms with Crippen molar-refractivity contribution in [1.29, 1.82) is 0 Å². The number of carbonyl (C=O) groups is 4. The van der Waals surface area contributed by atoms with Crippen LogP contribution in [0.5, 0.6) is 0 Å². The first-order valence-electron chi connectivity index (χ1n) is 21.9. The van der Waals surface area contributed by atoms with Gasteiger partial charge >= 0.3 is 11.9 Å². The zero-order valence-electron chi connectivity index (χ0n) is 36.6. The van der Waals surface area contributed by atoms with E-state index in [0.717, 1.165) is 11.1 Å². The number of rotatable bonds is 17. The molecular weight excluding hydrogens is 835 g/mol. The molecule has 1 aliphatic carbocycles. The number of esters is 2. The highest BCUT2D eigenvalue weighted by Gasteiger charge is 2.76. The molecule has 8 rings (SSSR count). The molecule has 342 valence electrons. The number of ether oxygens (including phenoxy) is 5. The van der Waals surface area contributed by atoms with Crippen molar-refractivity contribution >= 4 is 29.8 Å². The summed E-state index contributed by atoms with van der Waals surface area (Å²) in [6.07, 6.45) is -0.0739. The van der Waals surface area contributed by atoms with Gasteiger partial charge in [-0.2, -0.15) is 5.06 Å². The van der Waals surface area contributed by atoms with E-state index in [-0.39, 0.29) is 57.7 Å². The van der Waals surface area contributed by atoms with Crippen LogP contribution >= 0.6 is 0 Å². The van der Waals surface area contributed by atoms with Crippen LogP contribution in [0.2, 0.25) is 0 Å². The molecule has 2 bridgehead atoms. The maximum Gasteiger partial charge on any atom is 0.327 e. The van der Waals surface area contributed by atoms with Gasteiger partial charge in [-0.3, -0.25) is 24.0 Å². The van der Waals surface area contributed by atoms with Crippen LogP contribution in [0.25, 0.3) is 6.08 Å². The molecule has 15 nitrogen and oxygen atoms in total. The van der Waals surface area contributed by atoms with Gasteiger partial charge in [-0.1, -0.05) is 97.1 Å². The zero-order valence-corrected chi connectivity index (χ0v) is 36.6. The second-order valence-corrected chi connectivity index (χ2v) is 17.7. The van der Waals surface area contributed by atoms with Gasteiger partial charge in [0.1, 0.15) is 42.0 Å². The number of carbonyl (C=O) groups excluding carboxylic acids is 4. The molecule has 0 radical (unpaired) electrons. The summed E-state index contributed by atoms with van der Waals surface area (Å²) in [6, 6.07) is 31.3. The van der Waals surface area contributed by atoms with Crippen LogP contribution in [-0.2, 0) is 61.8 Å². The van der Waals surface area contributed by atoms with Crippen molar-refractivity contribution in [3.63, 3.8) is 0 Å².